The van der Waals surface area contributed by atoms with E-state index in [4.69, 9.17) is 16.2 Å². The highest BCUT2D eigenvalue weighted by Gasteiger charge is 2.38. The lowest BCUT2D eigenvalue weighted by atomic mass is 9.94. The van der Waals surface area contributed by atoms with Crippen LogP contribution in [0.5, 0.6) is 0 Å². The minimum atomic E-state index is -1.95. The summed E-state index contributed by atoms with van der Waals surface area (Å²) in [5, 5.41) is 45.2. The Morgan fingerprint density at radius 1 is 0.824 bits per heavy atom. The molecule has 0 spiro atoms. The summed E-state index contributed by atoms with van der Waals surface area (Å²) in [5.74, 6) is -14.4. The van der Waals surface area contributed by atoms with Crippen molar-refractivity contribution in [3.05, 3.63) is 72.0 Å². The molecule has 13 N–H and O–H groups in total. The van der Waals surface area contributed by atoms with E-state index < -0.39 is 139 Å². The number of carboxylic acid groups (broad SMARTS) is 2. The first kappa shape index (κ1) is 62.5. The summed E-state index contributed by atoms with van der Waals surface area (Å²) in [5.41, 5.74) is 12.0. The zero-order chi connectivity index (χ0) is 56.0. The Morgan fingerprint density at radius 2 is 1.42 bits per heavy atom. The van der Waals surface area contributed by atoms with Gasteiger partial charge in [-0.3, -0.25) is 43.3 Å². The molecule has 10 unspecified atom stereocenters. The summed E-state index contributed by atoms with van der Waals surface area (Å²) in [6.45, 7) is 13.4. The maximum atomic E-state index is 14.4. The van der Waals surface area contributed by atoms with E-state index in [-0.39, 0.29) is 43.6 Å². The van der Waals surface area contributed by atoms with Gasteiger partial charge in [-0.25, -0.2) is 9.59 Å². The van der Waals surface area contributed by atoms with Gasteiger partial charge in [0.25, 0.3) is 5.91 Å². The number of allylic oxidation sites excluding steroid dienone is 2. The lowest BCUT2D eigenvalue weighted by Crippen LogP contribution is -2.59. The predicted molar refractivity (Wildman–Crippen MR) is 271 cm³/mol. The van der Waals surface area contributed by atoms with Crippen molar-refractivity contribution in [3.63, 3.8) is 0 Å². The van der Waals surface area contributed by atoms with Crippen LogP contribution in [0.25, 0.3) is 0 Å². The highest BCUT2D eigenvalue weighted by atomic mass is 16.5. The van der Waals surface area contributed by atoms with Gasteiger partial charge in [0.05, 0.1) is 24.5 Å². The van der Waals surface area contributed by atoms with Gasteiger partial charge < -0.3 is 68.3 Å². The smallest absolute Gasteiger partial charge is 0.327 e. The average Bonchev–Trinajstić information content (AvgIpc) is 3.33. The Hall–Kier alpha value is -7.63. The number of aliphatic hydroxyl groups is 1. The number of likely N-dealkylation sites (N-methyl/N-ethyl adjacent to an activating group) is 1. The molecule has 74 heavy (non-hydrogen) atoms. The lowest BCUT2D eigenvalue weighted by molar-refractivity contribution is -0.148. The highest BCUT2D eigenvalue weighted by Crippen LogP contribution is 2.20. The monoisotopic (exact) mass is 1040 g/mol. The number of aliphatic carboxylic acids is 2. The fourth-order valence-electron chi connectivity index (χ4n) is 7.59. The molecule has 0 radical (unpaired) electrons. The average molecular weight is 1040 g/mol. The third kappa shape index (κ3) is 20.8. The van der Waals surface area contributed by atoms with Gasteiger partial charge in [0.1, 0.15) is 42.0 Å². The molecule has 7 amide bonds. The molecular weight excluding hydrogens is 965 g/mol. The second kappa shape index (κ2) is 30.4. The number of aliphatic imine (C=N–C) groups is 1. The van der Waals surface area contributed by atoms with Gasteiger partial charge in [0.15, 0.2) is 5.96 Å². The number of rotatable bonds is 16. The number of hydrogen-bond acceptors (Lipinski definition) is 13. The Morgan fingerprint density at radius 3 is 1.99 bits per heavy atom. The van der Waals surface area contributed by atoms with E-state index >= 15 is 0 Å². The molecule has 408 valence electrons. The number of esters is 1. The number of nitrogens with two attached hydrogens (primary N) is 2. The number of carboxylic acids is 2. The first-order valence-electron chi connectivity index (χ1n) is 24.1. The summed E-state index contributed by atoms with van der Waals surface area (Å²) in [7, 11) is 1.15. The summed E-state index contributed by atoms with van der Waals surface area (Å²) >= 11 is 0. The van der Waals surface area contributed by atoms with Gasteiger partial charge in [-0.15, -0.1) is 0 Å². The van der Waals surface area contributed by atoms with Gasteiger partial charge in [0.2, 0.25) is 35.4 Å². The third-order valence-corrected chi connectivity index (χ3v) is 12.0. The SMILES string of the molecule is C=C1C(=O)NC(CO)C(=O)NC(CC(C)C)C(=O)NC(C(=O)O)C(C)C(=O)NC(CCCN=C(N)N)C(=O)NC(C=CC(C)=CC(C)C(Cc2ccccc2)OC(C)=O)C(C)C(=O)NC(C(=O)O)CCC(=O)N1C. The standard InChI is InChI=1S/C50H74N10O14/c1-26(2)22-37-46(68)59-41(49(72)73)30(6)43(65)55-35(16-13-21-53-50(51)52)45(67)54-34(18-17-27(3)23-28(4)39(74-32(8)62)24-33-14-11-10-12-15-33)29(5)42(64)56-36(48(70)71)19-20-40(63)60(9)31(7)44(66)58-38(25-61)47(69)57-37/h10-12,14-15,17-18,23,26,28-30,34-39,41,61H,7,13,16,19-22,24-25H2,1-6,8-9H3,(H,54,67)(H,55,65)(H,56,64)(H,57,69)(H,58,66)(H,59,68)(H,70,71)(H,72,73)(H4,51,52,53). The molecule has 24 nitrogen and oxygen atoms in total. The van der Waals surface area contributed by atoms with Gasteiger partial charge in [0, 0.05) is 39.3 Å². The van der Waals surface area contributed by atoms with Crippen LogP contribution in [0, 0.1) is 23.7 Å². The topological polar surface area (TPSA) is 380 Å². The molecule has 24 heteroatoms. The van der Waals surface area contributed by atoms with Crippen molar-refractivity contribution in [2.24, 2.45) is 40.1 Å². The number of carbonyl (C=O) groups is 10. The Bertz CT molecular complexity index is 2280. The van der Waals surface area contributed by atoms with E-state index in [9.17, 15) is 63.3 Å². The molecule has 2 rings (SSSR count). The van der Waals surface area contributed by atoms with Gasteiger partial charge >= 0.3 is 17.9 Å². The largest absolute Gasteiger partial charge is 0.480 e. The summed E-state index contributed by atoms with van der Waals surface area (Å²) < 4.78 is 5.67. The number of ether oxygens (including phenoxy) is 1. The Labute approximate surface area is 430 Å². The number of carbonyl (C=O) groups excluding carboxylic acids is 8. The molecule has 1 fully saturated rings. The van der Waals surface area contributed by atoms with Crippen molar-refractivity contribution >= 4 is 65.2 Å². The van der Waals surface area contributed by atoms with Crippen LogP contribution in [-0.2, 0) is 59.1 Å². The quantitative estimate of drug-likeness (QED) is 0.0248. The fraction of sp³-hybridized carbons (Fsp3) is 0.540. The Balaban J connectivity index is 2.78. The van der Waals surface area contributed by atoms with E-state index in [0.29, 0.717) is 12.0 Å². The first-order chi connectivity index (χ1) is 34.7. The highest BCUT2D eigenvalue weighted by molar-refractivity contribution is 6.00. The molecule has 1 saturated heterocycles. The van der Waals surface area contributed by atoms with Crippen molar-refractivity contribution in [2.45, 2.75) is 129 Å². The van der Waals surface area contributed by atoms with Crippen LogP contribution in [0.4, 0.5) is 0 Å². The molecule has 0 aromatic heterocycles. The summed E-state index contributed by atoms with van der Waals surface area (Å²) in [4.78, 5) is 138. The van der Waals surface area contributed by atoms with E-state index in [1.54, 1.807) is 26.8 Å². The van der Waals surface area contributed by atoms with Crippen molar-refractivity contribution < 1.29 is 68.0 Å². The van der Waals surface area contributed by atoms with E-state index in [1.807, 2.05) is 43.3 Å². The first-order valence-corrected chi connectivity index (χ1v) is 24.1. The molecular formula is C50H74N10O14. The fourth-order valence-corrected chi connectivity index (χ4v) is 7.59. The number of nitrogens with zero attached hydrogens (tertiary/aromatic N) is 2. The van der Waals surface area contributed by atoms with Gasteiger partial charge in [-0.2, -0.15) is 0 Å². The van der Waals surface area contributed by atoms with E-state index in [0.717, 1.165) is 17.5 Å². The molecule has 0 saturated carbocycles. The van der Waals surface area contributed by atoms with Crippen LogP contribution in [-0.4, -0.2) is 148 Å². The predicted octanol–water partition coefficient (Wildman–Crippen LogP) is -0.493. The maximum absolute atomic E-state index is 14.4. The molecule has 1 aromatic carbocycles. The van der Waals surface area contributed by atoms with Crippen LogP contribution in [0.1, 0.15) is 86.1 Å². The van der Waals surface area contributed by atoms with Crippen molar-refractivity contribution in [3.8, 4) is 0 Å². The van der Waals surface area contributed by atoms with Crippen molar-refractivity contribution in [2.75, 3.05) is 20.2 Å². The normalized spacial score (nSPS) is 24.7. The molecule has 0 aliphatic carbocycles. The number of aliphatic hydroxyl groups excluding tert-OH is 1. The van der Waals surface area contributed by atoms with E-state index in [2.05, 4.69) is 43.5 Å². The summed E-state index contributed by atoms with van der Waals surface area (Å²) in [6, 6.07) is -0.217. The maximum Gasteiger partial charge on any atom is 0.327 e. The number of guanidine groups is 1. The van der Waals surface area contributed by atoms with Crippen LogP contribution in [0.15, 0.2) is 71.4 Å². The molecule has 10 atom stereocenters. The second-order valence-electron chi connectivity index (χ2n) is 18.6. The van der Waals surface area contributed by atoms with Crippen molar-refractivity contribution in [1.82, 2.24) is 36.8 Å². The molecule has 1 aromatic rings. The number of nitrogens with one attached hydrogen (secondary N) is 6. The van der Waals surface area contributed by atoms with Crippen LogP contribution < -0.4 is 43.4 Å². The van der Waals surface area contributed by atoms with Crippen LogP contribution in [0.2, 0.25) is 0 Å². The minimum Gasteiger partial charge on any atom is -0.480 e. The van der Waals surface area contributed by atoms with Crippen molar-refractivity contribution in [1.29, 1.82) is 0 Å². The zero-order valence-corrected chi connectivity index (χ0v) is 43.2. The lowest BCUT2D eigenvalue weighted by Gasteiger charge is -2.28. The molecule has 1 heterocycles. The van der Waals surface area contributed by atoms with E-state index in [1.165, 1.54) is 26.8 Å². The minimum absolute atomic E-state index is 0.0129. The summed E-state index contributed by atoms with van der Waals surface area (Å²) in [6.07, 6.45) is 3.44. The Kier molecular flexibility index (Phi) is 25.7. The number of hydrogen-bond donors (Lipinski definition) is 11. The van der Waals surface area contributed by atoms with Crippen LogP contribution >= 0.6 is 0 Å². The molecule has 1 aliphatic heterocycles. The molecule has 0 bridgehead atoms. The van der Waals surface area contributed by atoms with Gasteiger partial charge in [-0.05, 0) is 44.1 Å². The number of amides is 7. The number of benzene rings is 1. The third-order valence-electron chi connectivity index (χ3n) is 12.0. The van der Waals surface area contributed by atoms with Gasteiger partial charge in [-0.1, -0.05) is 95.3 Å². The van der Waals surface area contributed by atoms with Crippen LogP contribution in [0.3, 0.4) is 0 Å². The zero-order valence-electron chi connectivity index (χ0n) is 43.2. The molecule has 1 aliphatic rings. The second-order valence-corrected chi connectivity index (χ2v) is 18.6.